The summed E-state index contributed by atoms with van der Waals surface area (Å²) in [6.45, 7) is 2.14. The van der Waals surface area contributed by atoms with Crippen molar-refractivity contribution in [3.8, 4) is 0 Å². The standard InChI is InChI=1S/C21H29N3O5/c1-22-11-5-13-29-12-4-7-15-6-3-8-17-19(15)21(28)24(20(17)27)16(14-25)9-10-18(26)23-2/h3,6,8,14,16,22H,4-5,7,9-13H2,1-2H3,(H,23,26). The minimum Gasteiger partial charge on any atom is -0.381 e. The van der Waals surface area contributed by atoms with Crippen LogP contribution in [0.5, 0.6) is 0 Å². The van der Waals surface area contributed by atoms with Gasteiger partial charge in [0.15, 0.2) is 0 Å². The van der Waals surface area contributed by atoms with E-state index in [-0.39, 0.29) is 18.7 Å². The lowest BCUT2D eigenvalue weighted by Gasteiger charge is -2.21. The van der Waals surface area contributed by atoms with Gasteiger partial charge in [-0.05, 0) is 50.9 Å². The summed E-state index contributed by atoms with van der Waals surface area (Å²) in [5.41, 5.74) is 1.45. The maximum atomic E-state index is 13.0. The van der Waals surface area contributed by atoms with Crippen LogP contribution in [-0.2, 0) is 20.7 Å². The summed E-state index contributed by atoms with van der Waals surface area (Å²) in [5, 5.41) is 5.53. The Morgan fingerprint density at radius 1 is 1.17 bits per heavy atom. The van der Waals surface area contributed by atoms with Gasteiger partial charge in [-0.1, -0.05) is 12.1 Å². The van der Waals surface area contributed by atoms with Crippen molar-refractivity contribution >= 4 is 24.0 Å². The summed E-state index contributed by atoms with van der Waals surface area (Å²) in [6.07, 6.45) is 2.98. The van der Waals surface area contributed by atoms with Crippen molar-refractivity contribution in [3.63, 3.8) is 0 Å². The van der Waals surface area contributed by atoms with Gasteiger partial charge >= 0.3 is 0 Å². The summed E-state index contributed by atoms with van der Waals surface area (Å²) < 4.78 is 5.58. The van der Waals surface area contributed by atoms with E-state index >= 15 is 0 Å². The van der Waals surface area contributed by atoms with E-state index in [9.17, 15) is 19.2 Å². The Bertz CT molecular complexity index is 750. The Balaban J connectivity index is 2.03. The van der Waals surface area contributed by atoms with Crippen LogP contribution in [0.15, 0.2) is 18.2 Å². The predicted molar refractivity (Wildman–Crippen MR) is 108 cm³/mol. The van der Waals surface area contributed by atoms with Crippen LogP contribution >= 0.6 is 0 Å². The summed E-state index contributed by atoms with van der Waals surface area (Å²) in [5.74, 6) is -1.20. The number of hydrogen-bond donors (Lipinski definition) is 2. The molecule has 2 N–H and O–H groups in total. The molecule has 0 bridgehead atoms. The molecule has 1 atom stereocenters. The molecule has 1 aliphatic rings. The van der Waals surface area contributed by atoms with E-state index < -0.39 is 17.9 Å². The van der Waals surface area contributed by atoms with Crippen LogP contribution in [0.2, 0.25) is 0 Å². The van der Waals surface area contributed by atoms with Crippen LogP contribution in [0.25, 0.3) is 0 Å². The molecule has 1 heterocycles. The summed E-state index contributed by atoms with van der Waals surface area (Å²) >= 11 is 0. The molecule has 158 valence electrons. The van der Waals surface area contributed by atoms with Gasteiger partial charge in [0.05, 0.1) is 17.2 Å². The third kappa shape index (κ3) is 5.71. The van der Waals surface area contributed by atoms with E-state index in [4.69, 9.17) is 4.74 Å². The van der Waals surface area contributed by atoms with Crippen molar-refractivity contribution in [1.82, 2.24) is 15.5 Å². The highest BCUT2D eigenvalue weighted by Crippen LogP contribution is 2.29. The first-order valence-electron chi connectivity index (χ1n) is 9.93. The average Bonchev–Trinajstić information content (AvgIpc) is 2.99. The van der Waals surface area contributed by atoms with Gasteiger partial charge in [0.25, 0.3) is 11.8 Å². The molecule has 29 heavy (non-hydrogen) atoms. The van der Waals surface area contributed by atoms with Crippen LogP contribution in [0.1, 0.15) is 52.0 Å². The largest absolute Gasteiger partial charge is 0.381 e. The zero-order valence-electron chi connectivity index (χ0n) is 17.0. The fraction of sp³-hybridized carbons (Fsp3) is 0.524. The minimum atomic E-state index is -0.956. The van der Waals surface area contributed by atoms with Crippen LogP contribution in [-0.4, -0.2) is 68.8 Å². The molecule has 0 radical (unpaired) electrons. The van der Waals surface area contributed by atoms with Crippen LogP contribution in [0, 0.1) is 0 Å². The Morgan fingerprint density at radius 3 is 2.62 bits per heavy atom. The molecule has 0 aliphatic carbocycles. The molecule has 8 heteroatoms. The molecule has 1 aromatic carbocycles. The van der Waals surface area contributed by atoms with Crippen molar-refractivity contribution in [2.75, 3.05) is 33.9 Å². The third-order valence-corrected chi connectivity index (χ3v) is 4.92. The van der Waals surface area contributed by atoms with E-state index in [1.54, 1.807) is 12.1 Å². The van der Waals surface area contributed by atoms with Crippen LogP contribution in [0.3, 0.4) is 0 Å². The molecule has 2 rings (SSSR count). The first kappa shape index (κ1) is 22.7. The molecule has 1 unspecified atom stereocenters. The maximum absolute atomic E-state index is 13.0. The number of aryl methyl sites for hydroxylation is 1. The van der Waals surface area contributed by atoms with Gasteiger partial charge in [-0.2, -0.15) is 0 Å². The van der Waals surface area contributed by atoms with Gasteiger partial charge in [-0.25, -0.2) is 0 Å². The Kier molecular flexibility index (Phi) is 8.95. The highest BCUT2D eigenvalue weighted by molar-refractivity contribution is 6.23. The first-order chi connectivity index (χ1) is 14.0. The van der Waals surface area contributed by atoms with Gasteiger partial charge in [0.1, 0.15) is 6.29 Å². The Labute approximate surface area is 171 Å². The quantitative estimate of drug-likeness (QED) is 0.288. The first-order valence-corrected chi connectivity index (χ1v) is 9.93. The molecular weight excluding hydrogens is 374 g/mol. The van der Waals surface area contributed by atoms with Gasteiger partial charge in [-0.3, -0.25) is 19.3 Å². The van der Waals surface area contributed by atoms with Crippen molar-refractivity contribution in [3.05, 3.63) is 34.9 Å². The van der Waals surface area contributed by atoms with E-state index in [0.29, 0.717) is 37.0 Å². The summed E-state index contributed by atoms with van der Waals surface area (Å²) in [6, 6.07) is 4.23. The van der Waals surface area contributed by atoms with E-state index in [2.05, 4.69) is 10.6 Å². The number of nitrogens with zero attached hydrogens (tertiary/aromatic N) is 1. The fourth-order valence-corrected chi connectivity index (χ4v) is 3.36. The number of fused-ring (bicyclic) bond motifs is 1. The zero-order valence-corrected chi connectivity index (χ0v) is 17.0. The second-order valence-corrected chi connectivity index (χ2v) is 6.91. The van der Waals surface area contributed by atoms with Crippen molar-refractivity contribution in [1.29, 1.82) is 0 Å². The monoisotopic (exact) mass is 403 g/mol. The number of nitrogens with one attached hydrogen (secondary N) is 2. The molecule has 0 fully saturated rings. The van der Waals surface area contributed by atoms with Crippen molar-refractivity contribution in [2.24, 2.45) is 0 Å². The van der Waals surface area contributed by atoms with E-state index in [0.717, 1.165) is 29.8 Å². The molecule has 8 nitrogen and oxygen atoms in total. The molecule has 0 aromatic heterocycles. The normalized spacial score (nSPS) is 14.1. The number of imide groups is 1. The third-order valence-electron chi connectivity index (χ3n) is 4.92. The SMILES string of the molecule is CNCCCOCCCc1cccc2c1C(=O)N(C(C=O)CCC(=O)NC)C2=O. The summed E-state index contributed by atoms with van der Waals surface area (Å²) in [7, 11) is 3.39. The molecule has 1 aliphatic heterocycles. The predicted octanol–water partition coefficient (Wildman–Crippen LogP) is 0.935. The van der Waals surface area contributed by atoms with E-state index in [1.165, 1.54) is 7.05 Å². The lowest BCUT2D eigenvalue weighted by Crippen LogP contribution is -2.41. The van der Waals surface area contributed by atoms with Gasteiger partial charge in [0, 0.05) is 26.7 Å². The topological polar surface area (TPSA) is 105 Å². The Morgan fingerprint density at radius 2 is 1.93 bits per heavy atom. The number of amides is 3. The second kappa shape index (κ2) is 11.4. The minimum absolute atomic E-state index is 0.0606. The highest BCUT2D eigenvalue weighted by Gasteiger charge is 2.41. The van der Waals surface area contributed by atoms with Crippen molar-refractivity contribution < 1.29 is 23.9 Å². The zero-order chi connectivity index (χ0) is 21.2. The molecule has 1 aromatic rings. The summed E-state index contributed by atoms with van der Waals surface area (Å²) in [4.78, 5) is 49.7. The number of hydrogen-bond acceptors (Lipinski definition) is 6. The molecule has 0 spiro atoms. The lowest BCUT2D eigenvalue weighted by molar-refractivity contribution is -0.121. The van der Waals surface area contributed by atoms with Crippen molar-refractivity contribution in [2.45, 2.75) is 38.1 Å². The number of rotatable bonds is 13. The van der Waals surface area contributed by atoms with Crippen LogP contribution < -0.4 is 10.6 Å². The van der Waals surface area contributed by atoms with E-state index in [1.807, 2.05) is 13.1 Å². The van der Waals surface area contributed by atoms with Gasteiger partial charge in [-0.15, -0.1) is 0 Å². The fourth-order valence-electron chi connectivity index (χ4n) is 3.36. The average molecular weight is 403 g/mol. The number of carbonyl (C=O) groups excluding carboxylic acids is 4. The van der Waals surface area contributed by atoms with Gasteiger partial charge in [0.2, 0.25) is 5.91 Å². The molecule has 0 saturated heterocycles. The molecular formula is C21H29N3O5. The maximum Gasteiger partial charge on any atom is 0.262 e. The Hall–Kier alpha value is -2.58. The number of ether oxygens (including phenoxy) is 1. The smallest absolute Gasteiger partial charge is 0.262 e. The number of benzene rings is 1. The lowest BCUT2D eigenvalue weighted by atomic mass is 9.99. The molecule has 0 saturated carbocycles. The van der Waals surface area contributed by atoms with Crippen LogP contribution in [0.4, 0.5) is 0 Å². The number of aldehydes is 1. The number of carbonyl (C=O) groups is 4. The molecule has 3 amide bonds. The van der Waals surface area contributed by atoms with Gasteiger partial charge < -0.3 is 20.2 Å². The highest BCUT2D eigenvalue weighted by atomic mass is 16.5. The second-order valence-electron chi connectivity index (χ2n) is 6.91.